The topological polar surface area (TPSA) is 43.5 Å². The van der Waals surface area contributed by atoms with E-state index in [9.17, 15) is 9.90 Å². The number of aliphatic hydroxyl groups excluding tert-OH is 1. The van der Waals surface area contributed by atoms with Crippen LogP contribution in [0.4, 0.5) is 28.4 Å². The molecule has 9 rings (SSSR count). The molecule has 0 aliphatic heterocycles. The molecule has 0 fully saturated rings. The Balaban J connectivity index is 1.03. The molecule has 290 valence electrons. The monoisotopic (exact) mass is 777 g/mol. The van der Waals surface area contributed by atoms with Gasteiger partial charge in [-0.15, -0.1) is 0 Å². The Morgan fingerprint density at radius 3 is 1.47 bits per heavy atom. The summed E-state index contributed by atoms with van der Waals surface area (Å²) < 4.78 is 2.24. The molecule has 60 heavy (non-hydrogen) atoms. The van der Waals surface area contributed by atoms with Crippen molar-refractivity contribution < 1.29 is 9.90 Å². The SMILES string of the molecule is Cc1ccc(N(c2ccc(C3=C(O)C(=C4C=CC(=[N+](c5ccc(-c6ccccc6)cc5)c5ccc(C)cc5C)C=C4)C3=O)cc2)c2ccc(-c3ccccc3)cc2)c(C)c1. The molecule has 0 radical (unpaired) electrons. The fraction of sp³-hybridized carbons (Fsp3) is 0.0714. The van der Waals surface area contributed by atoms with Gasteiger partial charge >= 0.3 is 0 Å². The zero-order valence-electron chi connectivity index (χ0n) is 34.2. The number of hydrogen-bond donors (Lipinski definition) is 1. The van der Waals surface area contributed by atoms with E-state index in [1.165, 1.54) is 22.3 Å². The lowest BCUT2D eigenvalue weighted by atomic mass is 9.80. The van der Waals surface area contributed by atoms with E-state index in [4.69, 9.17) is 0 Å². The van der Waals surface area contributed by atoms with Crippen molar-refractivity contribution in [1.29, 1.82) is 0 Å². The van der Waals surface area contributed by atoms with Crippen molar-refractivity contribution >= 4 is 45.5 Å². The summed E-state index contributed by atoms with van der Waals surface area (Å²) in [6.07, 6.45) is 7.90. The third-order valence-electron chi connectivity index (χ3n) is 11.4. The first-order valence-corrected chi connectivity index (χ1v) is 20.4. The maximum Gasteiger partial charge on any atom is 0.214 e. The number of nitrogens with zero attached hydrogens (tertiary/aromatic N) is 2. The number of carbonyl (C=O) groups is 1. The Kier molecular flexibility index (Phi) is 10.1. The molecular formula is C56H45N2O2+. The number of benzene rings is 7. The highest BCUT2D eigenvalue weighted by atomic mass is 16.3. The van der Waals surface area contributed by atoms with E-state index in [0.29, 0.717) is 22.3 Å². The number of allylic oxidation sites excluding steroid dienone is 7. The second-order valence-corrected chi connectivity index (χ2v) is 15.6. The highest BCUT2D eigenvalue weighted by molar-refractivity contribution is 6.39. The molecule has 4 heteroatoms. The van der Waals surface area contributed by atoms with Crippen LogP contribution >= 0.6 is 0 Å². The van der Waals surface area contributed by atoms with E-state index >= 15 is 0 Å². The normalized spacial score (nSPS) is 13.5. The average Bonchev–Trinajstić information content (AvgIpc) is 3.27. The van der Waals surface area contributed by atoms with E-state index in [1.807, 2.05) is 60.7 Å². The van der Waals surface area contributed by atoms with Gasteiger partial charge in [-0.05, 0) is 127 Å². The summed E-state index contributed by atoms with van der Waals surface area (Å²) in [6, 6.07) is 58.8. The maximum absolute atomic E-state index is 13.9. The second-order valence-electron chi connectivity index (χ2n) is 15.6. The van der Waals surface area contributed by atoms with Crippen molar-refractivity contribution in [2.45, 2.75) is 27.7 Å². The van der Waals surface area contributed by atoms with Gasteiger partial charge in [0.2, 0.25) is 22.9 Å². The van der Waals surface area contributed by atoms with Crippen LogP contribution < -0.4 is 9.48 Å². The summed E-state index contributed by atoms with van der Waals surface area (Å²) in [5.41, 5.74) is 17.5. The minimum absolute atomic E-state index is 0.0194. The predicted octanol–water partition coefficient (Wildman–Crippen LogP) is 14.0. The molecule has 2 aliphatic rings. The van der Waals surface area contributed by atoms with Crippen molar-refractivity contribution in [3.63, 3.8) is 0 Å². The zero-order valence-corrected chi connectivity index (χ0v) is 34.2. The molecule has 0 aromatic heterocycles. The Labute approximate surface area is 352 Å². The molecule has 2 aliphatic carbocycles. The summed E-state index contributed by atoms with van der Waals surface area (Å²) in [5, 5.41) is 11.5. The molecule has 0 saturated heterocycles. The number of ketones is 1. The summed E-state index contributed by atoms with van der Waals surface area (Å²) in [5.74, 6) is -0.149. The summed E-state index contributed by atoms with van der Waals surface area (Å²) in [6.45, 7) is 8.47. The molecule has 7 aromatic carbocycles. The Hall–Kier alpha value is -7.56. The first-order valence-electron chi connectivity index (χ1n) is 20.4. The van der Waals surface area contributed by atoms with Crippen molar-refractivity contribution in [2.75, 3.05) is 4.90 Å². The minimum atomic E-state index is -0.168. The molecule has 4 nitrogen and oxygen atoms in total. The molecule has 0 bridgehead atoms. The summed E-state index contributed by atoms with van der Waals surface area (Å²) in [4.78, 5) is 16.1. The van der Waals surface area contributed by atoms with Crippen molar-refractivity contribution in [3.8, 4) is 22.3 Å². The molecule has 7 aromatic rings. The molecule has 0 heterocycles. The first-order chi connectivity index (χ1) is 29.2. The Bertz CT molecular complexity index is 2910. The van der Waals surface area contributed by atoms with E-state index in [0.717, 1.165) is 56.4 Å². The van der Waals surface area contributed by atoms with Crippen molar-refractivity contribution in [3.05, 3.63) is 239 Å². The fourth-order valence-corrected chi connectivity index (χ4v) is 8.33. The zero-order chi connectivity index (χ0) is 41.3. The van der Waals surface area contributed by atoms with Crippen LogP contribution in [-0.4, -0.2) is 16.6 Å². The van der Waals surface area contributed by atoms with Crippen molar-refractivity contribution in [1.82, 2.24) is 4.58 Å². The van der Waals surface area contributed by atoms with Gasteiger partial charge in [-0.2, -0.15) is 4.58 Å². The third kappa shape index (κ3) is 7.25. The van der Waals surface area contributed by atoms with Gasteiger partial charge in [-0.1, -0.05) is 114 Å². The van der Waals surface area contributed by atoms with Gasteiger partial charge in [-0.3, -0.25) is 4.79 Å². The van der Waals surface area contributed by atoms with E-state index < -0.39 is 0 Å². The average molecular weight is 778 g/mol. The molecule has 0 spiro atoms. The quantitative estimate of drug-likeness (QED) is 0.123. The van der Waals surface area contributed by atoms with Crippen LogP contribution in [0.3, 0.4) is 0 Å². The molecule has 0 saturated carbocycles. The summed E-state index contributed by atoms with van der Waals surface area (Å²) >= 11 is 0. The van der Waals surface area contributed by atoms with Gasteiger partial charge in [0.1, 0.15) is 5.76 Å². The number of aryl methyl sites for hydroxylation is 4. The van der Waals surface area contributed by atoms with Crippen molar-refractivity contribution in [2.24, 2.45) is 0 Å². The lowest BCUT2D eigenvalue weighted by Crippen LogP contribution is -2.23. The van der Waals surface area contributed by atoms with Gasteiger partial charge in [-0.25, -0.2) is 0 Å². The smallest absolute Gasteiger partial charge is 0.214 e. The lowest BCUT2D eigenvalue weighted by Gasteiger charge is -2.28. The highest BCUT2D eigenvalue weighted by Gasteiger charge is 2.37. The van der Waals surface area contributed by atoms with Gasteiger partial charge in [0.05, 0.1) is 11.1 Å². The Morgan fingerprint density at radius 1 is 0.467 bits per heavy atom. The Morgan fingerprint density at radius 2 is 0.950 bits per heavy atom. The fourth-order valence-electron chi connectivity index (χ4n) is 8.33. The number of rotatable bonds is 8. The number of aliphatic hydroxyl groups is 1. The maximum atomic E-state index is 13.9. The van der Waals surface area contributed by atoms with Crippen LogP contribution in [0.2, 0.25) is 0 Å². The van der Waals surface area contributed by atoms with E-state index in [2.05, 4.69) is 171 Å². The van der Waals surface area contributed by atoms with Crippen LogP contribution in [0.25, 0.3) is 27.8 Å². The van der Waals surface area contributed by atoms with Crippen LogP contribution in [-0.2, 0) is 4.79 Å². The van der Waals surface area contributed by atoms with E-state index in [1.54, 1.807) is 0 Å². The second kappa shape index (κ2) is 16.0. The van der Waals surface area contributed by atoms with Gasteiger partial charge in [0, 0.05) is 53.0 Å². The molecule has 0 amide bonds. The molecule has 1 N–H and O–H groups in total. The summed E-state index contributed by atoms with van der Waals surface area (Å²) in [7, 11) is 0. The van der Waals surface area contributed by atoms with Gasteiger partial charge in [0.25, 0.3) is 0 Å². The van der Waals surface area contributed by atoms with E-state index in [-0.39, 0.29) is 11.5 Å². The number of anilines is 3. The lowest BCUT2D eigenvalue weighted by molar-refractivity contribution is -0.111. The standard InChI is InChI=1S/C56H44N2O2/c1-37-15-33-51(39(3)35-37)57(47-25-17-43(18-26-47)41-11-7-5-8-12-41)49-29-21-45(22-30-49)53-55(59)54(56(53)60)46-23-31-50(32-24-46)58(52-34-16-38(2)36-40(52)4)48-27-19-44(20-28-48)42-13-9-6-10-14-42/h5-36H,1-4H3/p+1. The highest BCUT2D eigenvalue weighted by Crippen LogP contribution is 2.42. The van der Waals surface area contributed by atoms with Crippen LogP contribution in [0.1, 0.15) is 27.8 Å². The molecular weight excluding hydrogens is 733 g/mol. The largest absolute Gasteiger partial charge is 0.506 e. The molecule has 0 atom stereocenters. The van der Waals surface area contributed by atoms with Crippen LogP contribution in [0, 0.1) is 27.7 Å². The number of Topliss-reactive ketones (excluding diaryl/α,β-unsaturated/α-hetero) is 1. The number of carbonyl (C=O) groups excluding carboxylic acids is 1. The first kappa shape index (κ1) is 38.0. The number of hydrogen-bond acceptors (Lipinski definition) is 3. The van der Waals surface area contributed by atoms with Gasteiger partial charge < -0.3 is 10.0 Å². The molecule has 0 unspecified atom stereocenters. The van der Waals surface area contributed by atoms with Crippen LogP contribution in [0.5, 0.6) is 0 Å². The van der Waals surface area contributed by atoms with Gasteiger partial charge in [0.15, 0.2) is 0 Å². The third-order valence-corrected chi connectivity index (χ3v) is 11.4. The minimum Gasteiger partial charge on any atom is -0.506 e. The van der Waals surface area contributed by atoms with Crippen LogP contribution in [0.15, 0.2) is 211 Å². The predicted molar refractivity (Wildman–Crippen MR) is 250 cm³/mol.